The van der Waals surface area contributed by atoms with Crippen LogP contribution in [0.5, 0.6) is 0 Å². The zero-order chi connectivity index (χ0) is 14.5. The van der Waals surface area contributed by atoms with Crippen molar-refractivity contribution in [2.45, 2.75) is 19.4 Å². The van der Waals surface area contributed by atoms with Gasteiger partial charge < -0.3 is 14.5 Å². The first-order valence-electron chi connectivity index (χ1n) is 6.38. The molecule has 0 aromatic carbocycles. The minimum atomic E-state index is -0.435. The van der Waals surface area contributed by atoms with E-state index in [0.29, 0.717) is 18.7 Å². The highest BCUT2D eigenvalue weighted by Gasteiger charge is 2.17. The highest BCUT2D eigenvalue weighted by atomic mass is 16.5. The number of aliphatic hydroxyl groups is 1. The highest BCUT2D eigenvalue weighted by Crippen LogP contribution is 2.19. The van der Waals surface area contributed by atoms with Crippen LogP contribution in [0.3, 0.4) is 0 Å². The fourth-order valence-corrected chi connectivity index (χ4v) is 1.71. The second kappa shape index (κ2) is 6.29. The van der Waals surface area contributed by atoms with Gasteiger partial charge in [-0.05, 0) is 25.5 Å². The molecule has 20 heavy (non-hydrogen) atoms. The summed E-state index contributed by atoms with van der Waals surface area (Å²) in [6, 6.07) is 5.17. The summed E-state index contributed by atoms with van der Waals surface area (Å²) in [6.07, 6.45) is 3.38. The topological polar surface area (TPSA) is 79.5 Å². The molecule has 1 unspecified atom stereocenters. The van der Waals surface area contributed by atoms with Gasteiger partial charge in [0.2, 0.25) is 0 Å². The van der Waals surface area contributed by atoms with Crippen molar-refractivity contribution in [1.82, 2.24) is 15.0 Å². The van der Waals surface area contributed by atoms with Gasteiger partial charge in [-0.1, -0.05) is 5.16 Å². The molecule has 0 spiro atoms. The highest BCUT2D eigenvalue weighted by molar-refractivity contribution is 5.92. The van der Waals surface area contributed by atoms with Crippen LogP contribution in [0.25, 0.3) is 11.3 Å². The van der Waals surface area contributed by atoms with Crippen molar-refractivity contribution in [3.63, 3.8) is 0 Å². The van der Waals surface area contributed by atoms with Crippen molar-refractivity contribution in [2.75, 3.05) is 13.6 Å². The van der Waals surface area contributed by atoms with Crippen molar-refractivity contribution < 1.29 is 14.4 Å². The maximum Gasteiger partial charge on any atom is 0.275 e. The van der Waals surface area contributed by atoms with Crippen molar-refractivity contribution in [1.29, 1.82) is 0 Å². The van der Waals surface area contributed by atoms with Crippen molar-refractivity contribution in [3.8, 4) is 11.3 Å². The van der Waals surface area contributed by atoms with Gasteiger partial charge in [0, 0.05) is 37.6 Å². The number of pyridine rings is 1. The van der Waals surface area contributed by atoms with Crippen LogP contribution < -0.4 is 0 Å². The summed E-state index contributed by atoms with van der Waals surface area (Å²) in [6.45, 7) is 2.16. The molecular weight excluding hydrogens is 258 g/mol. The summed E-state index contributed by atoms with van der Waals surface area (Å²) in [5.41, 5.74) is 1.07. The molecule has 0 saturated carbocycles. The number of aromatic nitrogens is 2. The first kappa shape index (κ1) is 14.2. The Bertz CT molecular complexity index is 566. The van der Waals surface area contributed by atoms with Crippen LogP contribution in [-0.4, -0.2) is 45.8 Å². The minimum Gasteiger partial charge on any atom is -0.393 e. The van der Waals surface area contributed by atoms with Gasteiger partial charge in [0.15, 0.2) is 11.5 Å². The normalized spacial score (nSPS) is 12.2. The summed E-state index contributed by atoms with van der Waals surface area (Å²) in [5.74, 6) is 0.300. The van der Waals surface area contributed by atoms with Crippen LogP contribution in [0, 0.1) is 0 Å². The summed E-state index contributed by atoms with van der Waals surface area (Å²) in [4.78, 5) is 17.5. The molecule has 6 nitrogen and oxygen atoms in total. The van der Waals surface area contributed by atoms with E-state index < -0.39 is 6.10 Å². The molecule has 2 heterocycles. The molecule has 106 valence electrons. The molecule has 2 aromatic rings. The van der Waals surface area contributed by atoms with Gasteiger partial charge in [-0.2, -0.15) is 0 Å². The zero-order valence-electron chi connectivity index (χ0n) is 11.5. The van der Waals surface area contributed by atoms with Crippen molar-refractivity contribution in [3.05, 3.63) is 36.3 Å². The van der Waals surface area contributed by atoms with E-state index in [1.165, 1.54) is 4.90 Å². The lowest BCUT2D eigenvalue weighted by atomic mass is 10.2. The van der Waals surface area contributed by atoms with Crippen LogP contribution in [0.1, 0.15) is 23.8 Å². The fourth-order valence-electron chi connectivity index (χ4n) is 1.71. The Morgan fingerprint density at radius 3 is 2.80 bits per heavy atom. The standard InChI is InChI=1S/C14H17N3O3/c1-10(18)5-8-17(2)14(19)12-9-13(20-16-12)11-3-6-15-7-4-11/h3-4,6-7,9-10,18H,5,8H2,1-2H3. The Hall–Kier alpha value is -2.21. The predicted octanol–water partition coefficient (Wildman–Crippen LogP) is 1.58. The number of carbonyl (C=O) groups excluding carboxylic acids is 1. The molecule has 0 aliphatic carbocycles. The molecular formula is C14H17N3O3. The number of amides is 1. The number of nitrogens with zero attached hydrogens (tertiary/aromatic N) is 3. The van der Waals surface area contributed by atoms with Crippen LogP contribution in [0.4, 0.5) is 0 Å². The Balaban J connectivity index is 2.07. The second-order valence-electron chi connectivity index (χ2n) is 4.68. The lowest BCUT2D eigenvalue weighted by Crippen LogP contribution is -2.29. The van der Waals surface area contributed by atoms with Gasteiger partial charge in [0.1, 0.15) is 0 Å². The number of aliphatic hydroxyl groups excluding tert-OH is 1. The molecule has 2 rings (SSSR count). The van der Waals surface area contributed by atoms with Gasteiger partial charge in [-0.3, -0.25) is 9.78 Å². The van der Waals surface area contributed by atoms with Crippen LogP contribution in [-0.2, 0) is 0 Å². The molecule has 0 bridgehead atoms. The van der Waals surface area contributed by atoms with Crippen molar-refractivity contribution in [2.24, 2.45) is 0 Å². The van der Waals surface area contributed by atoms with E-state index in [4.69, 9.17) is 4.52 Å². The fraction of sp³-hybridized carbons (Fsp3) is 0.357. The van der Waals surface area contributed by atoms with E-state index in [0.717, 1.165) is 5.56 Å². The summed E-state index contributed by atoms with van der Waals surface area (Å²) >= 11 is 0. The Labute approximate surface area is 117 Å². The average molecular weight is 275 g/mol. The molecule has 1 amide bonds. The Morgan fingerprint density at radius 1 is 1.45 bits per heavy atom. The molecule has 0 aliphatic heterocycles. The van der Waals surface area contributed by atoms with E-state index in [1.54, 1.807) is 44.6 Å². The monoisotopic (exact) mass is 275 g/mol. The van der Waals surface area contributed by atoms with E-state index in [2.05, 4.69) is 10.1 Å². The quantitative estimate of drug-likeness (QED) is 0.896. The second-order valence-corrected chi connectivity index (χ2v) is 4.68. The van der Waals surface area contributed by atoms with Crippen LogP contribution in [0.2, 0.25) is 0 Å². The van der Waals surface area contributed by atoms with E-state index in [-0.39, 0.29) is 11.6 Å². The smallest absolute Gasteiger partial charge is 0.275 e. The SMILES string of the molecule is CC(O)CCN(C)C(=O)c1cc(-c2ccncc2)on1. The zero-order valence-corrected chi connectivity index (χ0v) is 11.5. The van der Waals surface area contributed by atoms with Gasteiger partial charge in [-0.15, -0.1) is 0 Å². The lowest BCUT2D eigenvalue weighted by Gasteiger charge is -2.16. The van der Waals surface area contributed by atoms with E-state index in [9.17, 15) is 9.90 Å². The summed E-state index contributed by atoms with van der Waals surface area (Å²) in [7, 11) is 1.67. The maximum absolute atomic E-state index is 12.1. The Morgan fingerprint density at radius 2 is 2.15 bits per heavy atom. The van der Waals surface area contributed by atoms with Crippen molar-refractivity contribution >= 4 is 5.91 Å². The molecule has 6 heteroatoms. The summed E-state index contributed by atoms with van der Waals surface area (Å²) in [5, 5.41) is 13.0. The number of hydrogen-bond acceptors (Lipinski definition) is 5. The molecule has 0 aliphatic rings. The number of rotatable bonds is 5. The maximum atomic E-state index is 12.1. The lowest BCUT2D eigenvalue weighted by molar-refractivity contribution is 0.0759. The molecule has 0 saturated heterocycles. The molecule has 1 N–H and O–H groups in total. The largest absolute Gasteiger partial charge is 0.393 e. The third-order valence-electron chi connectivity index (χ3n) is 2.92. The van der Waals surface area contributed by atoms with E-state index >= 15 is 0 Å². The van der Waals surface area contributed by atoms with Gasteiger partial charge in [0.25, 0.3) is 5.91 Å². The van der Waals surface area contributed by atoms with E-state index in [1.807, 2.05) is 0 Å². The first-order valence-corrected chi connectivity index (χ1v) is 6.38. The van der Waals surface area contributed by atoms with Gasteiger partial charge in [-0.25, -0.2) is 0 Å². The molecule has 0 fully saturated rings. The average Bonchev–Trinajstić information content (AvgIpc) is 2.94. The minimum absolute atomic E-state index is 0.227. The number of hydrogen-bond donors (Lipinski definition) is 1. The molecule has 1 atom stereocenters. The third-order valence-corrected chi connectivity index (χ3v) is 2.92. The molecule has 0 radical (unpaired) electrons. The summed E-state index contributed by atoms with van der Waals surface area (Å²) < 4.78 is 5.17. The predicted molar refractivity (Wildman–Crippen MR) is 73.0 cm³/mol. The van der Waals surface area contributed by atoms with Gasteiger partial charge >= 0.3 is 0 Å². The third kappa shape index (κ3) is 3.42. The van der Waals surface area contributed by atoms with Crippen LogP contribution >= 0.6 is 0 Å². The van der Waals surface area contributed by atoms with Crippen LogP contribution in [0.15, 0.2) is 35.1 Å². The number of carbonyl (C=O) groups is 1. The van der Waals surface area contributed by atoms with Gasteiger partial charge in [0.05, 0.1) is 6.10 Å². The molecule has 2 aromatic heterocycles. The Kier molecular flexibility index (Phi) is 4.47. The first-order chi connectivity index (χ1) is 9.58.